The topological polar surface area (TPSA) is 60.4 Å². The Morgan fingerprint density at radius 3 is 2.52 bits per heavy atom. The second-order valence-corrected chi connectivity index (χ2v) is 10.00. The van der Waals surface area contributed by atoms with Crippen molar-refractivity contribution in [3.63, 3.8) is 0 Å². The van der Waals surface area contributed by atoms with Gasteiger partial charge in [-0.05, 0) is 81.4 Å². The zero-order chi connectivity index (χ0) is 20.8. The lowest BCUT2D eigenvalue weighted by atomic mass is 9.67. The van der Waals surface area contributed by atoms with Crippen molar-refractivity contribution in [1.29, 1.82) is 0 Å². The highest BCUT2D eigenvalue weighted by molar-refractivity contribution is 7.80. The van der Waals surface area contributed by atoms with Gasteiger partial charge in [-0.3, -0.25) is 4.21 Å². The summed E-state index contributed by atoms with van der Waals surface area (Å²) in [5, 5.41) is 10.5. The maximum atomic E-state index is 11.1. The summed E-state index contributed by atoms with van der Waals surface area (Å²) in [4.78, 5) is 0. The Morgan fingerprint density at radius 2 is 2.00 bits per heavy atom. The van der Waals surface area contributed by atoms with Gasteiger partial charge >= 0.3 is 0 Å². The number of hydrogen-bond acceptors (Lipinski definition) is 3. The molecule has 4 heteroatoms. The summed E-state index contributed by atoms with van der Waals surface area (Å²) in [6.45, 7) is 14.8. The molecule has 0 aromatic rings. The van der Waals surface area contributed by atoms with Gasteiger partial charge in [0.15, 0.2) is 0 Å². The molecule has 27 heavy (non-hydrogen) atoms. The Balaban J connectivity index is 2.76. The second-order valence-electron chi connectivity index (χ2n) is 8.87. The largest absolute Gasteiger partial charge is 0.772 e. The van der Waals surface area contributed by atoms with E-state index in [1.165, 1.54) is 24.0 Å². The third kappa shape index (κ3) is 6.99. The average molecular weight is 396 g/mol. The molecule has 0 aliphatic heterocycles. The van der Waals surface area contributed by atoms with E-state index in [2.05, 4.69) is 33.8 Å². The molecule has 0 aromatic carbocycles. The molecule has 3 nitrogen and oxygen atoms in total. The van der Waals surface area contributed by atoms with E-state index >= 15 is 0 Å². The molecule has 0 radical (unpaired) electrons. The Labute approximate surface area is 169 Å². The zero-order valence-electron chi connectivity index (χ0n) is 18.3. The van der Waals surface area contributed by atoms with Gasteiger partial charge < -0.3 is 9.66 Å². The first-order valence-electron chi connectivity index (χ1n) is 10.3. The Bertz CT molecular complexity index is 613. The Kier molecular flexibility index (Phi) is 9.67. The van der Waals surface area contributed by atoms with Crippen LogP contribution in [0.5, 0.6) is 0 Å². The molecule has 0 bridgehead atoms. The van der Waals surface area contributed by atoms with Crippen molar-refractivity contribution in [3.8, 4) is 0 Å². The van der Waals surface area contributed by atoms with Gasteiger partial charge in [-0.25, -0.2) is 0 Å². The van der Waals surface area contributed by atoms with E-state index in [1.54, 1.807) is 0 Å². The zero-order valence-corrected chi connectivity index (χ0v) is 19.1. The fraction of sp³-hybridized carbons (Fsp3) is 0.739. The lowest BCUT2D eigenvalue weighted by molar-refractivity contribution is 0.148. The van der Waals surface area contributed by atoms with Crippen LogP contribution in [0.2, 0.25) is 0 Å². The molecule has 0 heterocycles. The van der Waals surface area contributed by atoms with Gasteiger partial charge in [-0.1, -0.05) is 56.6 Å². The predicted octanol–water partition coefficient (Wildman–Crippen LogP) is 5.84. The minimum absolute atomic E-state index is 0.126. The molecule has 1 aliphatic carbocycles. The minimum Gasteiger partial charge on any atom is -0.772 e. The standard InChI is InChI=1S/C23H40O3S/c1-8-20(27(25)26)15-16(2)11-9-12-18(4)22(24)19(5)21-17(3)13-10-14-23(21,6)7/h12,15,19-20,22,24H,8-11,13-14H2,1-7H3,(H,25,26)/p-1/b16-15+,18-12+. The highest BCUT2D eigenvalue weighted by Crippen LogP contribution is 2.45. The first kappa shape index (κ1) is 24.3. The molecule has 4 atom stereocenters. The summed E-state index contributed by atoms with van der Waals surface area (Å²) in [7, 11) is 0. The summed E-state index contributed by atoms with van der Waals surface area (Å²) in [6, 6.07) is 0. The van der Waals surface area contributed by atoms with E-state index in [0.717, 1.165) is 30.4 Å². The van der Waals surface area contributed by atoms with Crippen LogP contribution in [0.4, 0.5) is 0 Å². The van der Waals surface area contributed by atoms with Crippen LogP contribution >= 0.6 is 0 Å². The molecule has 156 valence electrons. The molecule has 0 fully saturated rings. The Morgan fingerprint density at radius 1 is 1.37 bits per heavy atom. The molecular weight excluding hydrogens is 356 g/mol. The van der Waals surface area contributed by atoms with Gasteiger partial charge in [-0.2, -0.15) is 0 Å². The SMILES string of the molecule is CCC(/C=C(\C)CC/C=C(\C)C(O)C(C)C1=C(C)CCCC1(C)C)S(=O)[O-]. The van der Waals surface area contributed by atoms with Crippen molar-refractivity contribution in [2.24, 2.45) is 11.3 Å². The molecule has 1 aliphatic rings. The van der Waals surface area contributed by atoms with Crippen LogP contribution in [-0.4, -0.2) is 25.2 Å². The normalized spacial score (nSPS) is 23.1. The summed E-state index contributed by atoms with van der Waals surface area (Å²) < 4.78 is 22.3. The van der Waals surface area contributed by atoms with Crippen molar-refractivity contribution in [2.75, 3.05) is 0 Å². The summed E-state index contributed by atoms with van der Waals surface area (Å²) in [5.41, 5.74) is 5.13. The molecule has 0 saturated heterocycles. The molecule has 1 rings (SSSR count). The van der Waals surface area contributed by atoms with E-state index in [4.69, 9.17) is 0 Å². The number of aliphatic hydroxyl groups excluding tert-OH is 1. The van der Waals surface area contributed by atoms with Crippen LogP contribution in [0.1, 0.15) is 87.0 Å². The molecule has 0 aromatic heterocycles. The third-order valence-corrected chi connectivity index (χ3v) is 7.03. The quantitative estimate of drug-likeness (QED) is 0.394. The molecular formula is C23H39O3S-. The van der Waals surface area contributed by atoms with E-state index < -0.39 is 22.4 Å². The van der Waals surface area contributed by atoms with Gasteiger partial charge in [0.25, 0.3) is 0 Å². The molecule has 0 amide bonds. The van der Waals surface area contributed by atoms with Crippen molar-refractivity contribution < 1.29 is 13.9 Å². The first-order chi connectivity index (χ1) is 12.5. The van der Waals surface area contributed by atoms with Crippen molar-refractivity contribution in [2.45, 2.75) is 98.3 Å². The Hall–Kier alpha value is -0.710. The van der Waals surface area contributed by atoms with Gasteiger partial charge in [0.2, 0.25) is 0 Å². The fourth-order valence-corrected chi connectivity index (χ4v) is 5.17. The van der Waals surface area contributed by atoms with Gasteiger partial charge in [-0.15, -0.1) is 0 Å². The molecule has 0 saturated carbocycles. The number of allylic oxidation sites excluding steroid dienone is 3. The number of hydrogen-bond donors (Lipinski definition) is 1. The van der Waals surface area contributed by atoms with Crippen LogP contribution in [0, 0.1) is 11.3 Å². The monoisotopic (exact) mass is 395 g/mol. The third-order valence-electron chi connectivity index (χ3n) is 6.06. The predicted molar refractivity (Wildman–Crippen MR) is 115 cm³/mol. The second kappa shape index (κ2) is 10.7. The first-order valence-corrected chi connectivity index (χ1v) is 11.4. The van der Waals surface area contributed by atoms with Crippen LogP contribution in [-0.2, 0) is 11.1 Å². The minimum atomic E-state index is -2.05. The van der Waals surface area contributed by atoms with E-state index in [0.29, 0.717) is 6.42 Å². The van der Waals surface area contributed by atoms with Crippen molar-refractivity contribution in [1.82, 2.24) is 0 Å². The van der Waals surface area contributed by atoms with Gasteiger partial charge in [0.05, 0.1) is 6.10 Å². The van der Waals surface area contributed by atoms with Crippen LogP contribution in [0.25, 0.3) is 0 Å². The fourth-order valence-electron chi connectivity index (χ4n) is 4.56. The highest BCUT2D eigenvalue weighted by atomic mass is 32.2. The van der Waals surface area contributed by atoms with Crippen LogP contribution < -0.4 is 0 Å². The molecule has 4 unspecified atom stereocenters. The number of rotatable bonds is 9. The summed E-state index contributed by atoms with van der Waals surface area (Å²) >= 11 is -2.05. The van der Waals surface area contributed by atoms with E-state index in [1.807, 2.05) is 26.8 Å². The highest BCUT2D eigenvalue weighted by Gasteiger charge is 2.34. The summed E-state index contributed by atoms with van der Waals surface area (Å²) in [6.07, 6.45) is 9.30. The van der Waals surface area contributed by atoms with Crippen molar-refractivity contribution >= 4 is 11.1 Å². The number of aliphatic hydroxyl groups is 1. The smallest absolute Gasteiger partial charge is 0.0810 e. The maximum absolute atomic E-state index is 11.1. The molecule has 0 spiro atoms. The molecule has 1 N–H and O–H groups in total. The lowest BCUT2D eigenvalue weighted by Gasteiger charge is -2.39. The van der Waals surface area contributed by atoms with Crippen molar-refractivity contribution in [3.05, 3.63) is 34.4 Å². The van der Waals surface area contributed by atoms with Gasteiger partial charge in [0, 0.05) is 11.2 Å². The lowest BCUT2D eigenvalue weighted by Crippen LogP contribution is -2.31. The van der Waals surface area contributed by atoms with E-state index in [-0.39, 0.29) is 11.3 Å². The van der Waals surface area contributed by atoms with Crippen LogP contribution in [0.3, 0.4) is 0 Å². The summed E-state index contributed by atoms with van der Waals surface area (Å²) in [5.74, 6) is 0.126. The maximum Gasteiger partial charge on any atom is 0.0810 e. The van der Waals surface area contributed by atoms with Crippen LogP contribution in [0.15, 0.2) is 34.4 Å². The van der Waals surface area contributed by atoms with Gasteiger partial charge in [0.1, 0.15) is 0 Å². The van der Waals surface area contributed by atoms with E-state index in [9.17, 15) is 13.9 Å². The average Bonchev–Trinajstić information content (AvgIpc) is 2.57.